The molecule has 0 N–H and O–H groups in total. The largest absolute Gasteiger partial charge is 0.495 e. The number of hydrogen-bond acceptors (Lipinski definition) is 3. The zero-order valence-electron chi connectivity index (χ0n) is 23.4. The van der Waals surface area contributed by atoms with Crippen molar-refractivity contribution >= 4 is 68.0 Å². The molecule has 8 rings (SSSR count). The standard InChI is InChI=1S/C36H31BO3/c1-35(2)36(3,4)40-37(39-35)31-17-10-15-28-25-12-6-5-11-24(25)26-20-19-22(21-30(26)33(28)31)23-14-9-16-29-27-13-7-8-18-32(27)38-34(23)29/h5-6,9-21H,7-8H2,1-4H3. The maximum Gasteiger partial charge on any atom is 0.495 e. The Morgan fingerprint density at radius 2 is 1.27 bits per heavy atom. The van der Waals surface area contributed by atoms with Crippen molar-refractivity contribution in [3.8, 4) is 11.1 Å². The number of para-hydroxylation sites is 1. The third kappa shape index (κ3) is 3.33. The van der Waals surface area contributed by atoms with Crippen molar-refractivity contribution in [1.82, 2.24) is 0 Å². The van der Waals surface area contributed by atoms with E-state index in [0.717, 1.165) is 40.4 Å². The monoisotopic (exact) mass is 522 g/mol. The average molecular weight is 522 g/mol. The van der Waals surface area contributed by atoms with Crippen LogP contribution in [0.15, 0.2) is 83.3 Å². The molecule has 3 nitrogen and oxygen atoms in total. The van der Waals surface area contributed by atoms with Gasteiger partial charge in [0.05, 0.1) is 11.2 Å². The second-order valence-electron chi connectivity index (χ2n) is 12.2. The van der Waals surface area contributed by atoms with E-state index < -0.39 is 18.3 Å². The SMILES string of the molecule is CC1(C)OB(c2cccc3c4ccccc4c4ccc(-c5cccc6c7c(oc56)=CCCC=7)cc4c23)OC1(C)C. The molecule has 1 aliphatic heterocycles. The van der Waals surface area contributed by atoms with Crippen LogP contribution in [-0.2, 0) is 9.31 Å². The van der Waals surface area contributed by atoms with Crippen molar-refractivity contribution in [2.45, 2.75) is 51.7 Å². The van der Waals surface area contributed by atoms with Gasteiger partial charge in [-0.25, -0.2) is 0 Å². The summed E-state index contributed by atoms with van der Waals surface area (Å²) in [6, 6.07) is 28.6. The van der Waals surface area contributed by atoms with E-state index in [2.05, 4.69) is 119 Å². The van der Waals surface area contributed by atoms with E-state index in [4.69, 9.17) is 13.7 Å². The van der Waals surface area contributed by atoms with Gasteiger partial charge in [-0.05, 0) is 96.0 Å². The van der Waals surface area contributed by atoms with E-state index in [0.29, 0.717) is 0 Å². The predicted octanol–water partition coefficient (Wildman–Crippen LogP) is 7.21. The van der Waals surface area contributed by atoms with Gasteiger partial charge in [0.15, 0.2) is 0 Å². The highest BCUT2D eigenvalue weighted by atomic mass is 16.7. The third-order valence-electron chi connectivity index (χ3n) is 9.34. The maximum atomic E-state index is 6.59. The molecule has 1 aliphatic carbocycles. The van der Waals surface area contributed by atoms with Crippen LogP contribution >= 0.6 is 0 Å². The topological polar surface area (TPSA) is 31.6 Å². The number of rotatable bonds is 2. The van der Waals surface area contributed by atoms with E-state index in [1.54, 1.807) is 0 Å². The minimum atomic E-state index is -0.451. The fourth-order valence-corrected chi connectivity index (χ4v) is 6.56. The van der Waals surface area contributed by atoms with Gasteiger partial charge in [0.25, 0.3) is 0 Å². The highest BCUT2D eigenvalue weighted by Gasteiger charge is 2.52. The summed E-state index contributed by atoms with van der Waals surface area (Å²) in [7, 11) is -0.451. The first-order valence-corrected chi connectivity index (χ1v) is 14.3. The minimum absolute atomic E-state index is 0.417. The molecule has 2 aliphatic rings. The molecule has 4 heteroatoms. The molecule has 0 saturated carbocycles. The fraction of sp³-hybridized carbons (Fsp3) is 0.222. The normalized spacial score (nSPS) is 17.9. The van der Waals surface area contributed by atoms with Crippen LogP contribution in [0, 0.1) is 0 Å². The molecule has 1 saturated heterocycles. The quantitative estimate of drug-likeness (QED) is 0.178. The fourth-order valence-electron chi connectivity index (χ4n) is 6.56. The van der Waals surface area contributed by atoms with Crippen molar-refractivity contribution in [3.63, 3.8) is 0 Å². The molecule has 0 radical (unpaired) electrons. The van der Waals surface area contributed by atoms with Crippen molar-refractivity contribution in [1.29, 1.82) is 0 Å². The highest BCUT2D eigenvalue weighted by molar-refractivity contribution is 6.66. The Balaban J connectivity index is 1.45. The lowest BCUT2D eigenvalue weighted by Gasteiger charge is -2.32. The Bertz CT molecular complexity index is 2120. The van der Waals surface area contributed by atoms with Crippen LogP contribution in [0.2, 0.25) is 0 Å². The molecular formula is C36H31BO3. The van der Waals surface area contributed by atoms with Crippen LogP contribution < -0.4 is 16.1 Å². The minimum Gasteiger partial charge on any atom is -0.456 e. The van der Waals surface area contributed by atoms with Crippen LogP contribution in [0.4, 0.5) is 0 Å². The van der Waals surface area contributed by atoms with E-state index in [1.165, 1.54) is 42.9 Å². The Kier molecular flexibility index (Phi) is 4.99. The molecule has 40 heavy (non-hydrogen) atoms. The van der Waals surface area contributed by atoms with Crippen molar-refractivity contribution in [2.75, 3.05) is 0 Å². The first-order chi connectivity index (χ1) is 19.3. The molecule has 1 fully saturated rings. The summed E-state index contributed by atoms with van der Waals surface area (Å²) in [5.74, 6) is 0. The second-order valence-corrected chi connectivity index (χ2v) is 12.2. The molecule has 0 amide bonds. The summed E-state index contributed by atoms with van der Waals surface area (Å²) in [6.07, 6.45) is 6.61. The van der Waals surface area contributed by atoms with Crippen molar-refractivity contribution < 1.29 is 13.7 Å². The molecule has 2 heterocycles. The van der Waals surface area contributed by atoms with Crippen molar-refractivity contribution in [2.24, 2.45) is 0 Å². The van der Waals surface area contributed by atoms with E-state index in [9.17, 15) is 0 Å². The van der Waals surface area contributed by atoms with E-state index in [1.807, 2.05) is 0 Å². The van der Waals surface area contributed by atoms with Gasteiger partial charge in [0.1, 0.15) is 11.0 Å². The molecule has 0 spiro atoms. The van der Waals surface area contributed by atoms with E-state index in [-0.39, 0.29) is 0 Å². The Labute approximate surface area is 233 Å². The zero-order valence-corrected chi connectivity index (χ0v) is 23.4. The molecular weight excluding hydrogens is 491 g/mol. The first-order valence-electron chi connectivity index (χ1n) is 14.3. The lowest BCUT2D eigenvalue weighted by molar-refractivity contribution is 0.00578. The average Bonchev–Trinajstić information content (AvgIpc) is 3.45. The number of furan rings is 1. The summed E-state index contributed by atoms with van der Waals surface area (Å²) >= 11 is 0. The zero-order chi connectivity index (χ0) is 27.2. The molecule has 5 aromatic carbocycles. The van der Waals surface area contributed by atoms with Gasteiger partial charge in [-0.15, -0.1) is 0 Å². The van der Waals surface area contributed by atoms with Gasteiger partial charge < -0.3 is 13.7 Å². The lowest BCUT2D eigenvalue weighted by atomic mass is 9.74. The van der Waals surface area contributed by atoms with Gasteiger partial charge in [-0.3, -0.25) is 0 Å². The summed E-state index contributed by atoms with van der Waals surface area (Å²) in [6.45, 7) is 8.45. The maximum absolute atomic E-state index is 6.59. The van der Waals surface area contributed by atoms with Gasteiger partial charge in [0, 0.05) is 16.2 Å². The summed E-state index contributed by atoms with van der Waals surface area (Å²) in [5, 5.41) is 9.72. The summed E-state index contributed by atoms with van der Waals surface area (Å²) < 4.78 is 19.7. The highest BCUT2D eigenvalue weighted by Crippen LogP contribution is 2.40. The molecule has 196 valence electrons. The van der Waals surface area contributed by atoms with Gasteiger partial charge >= 0.3 is 7.12 Å². The molecule has 6 aromatic rings. The van der Waals surface area contributed by atoms with Crippen LogP contribution in [0.3, 0.4) is 0 Å². The third-order valence-corrected chi connectivity index (χ3v) is 9.34. The molecule has 0 unspecified atom stereocenters. The molecule has 1 aromatic heterocycles. The van der Waals surface area contributed by atoms with Crippen LogP contribution in [0.5, 0.6) is 0 Å². The van der Waals surface area contributed by atoms with Crippen LogP contribution in [0.1, 0.15) is 40.5 Å². The first kappa shape index (κ1) is 24.0. The Morgan fingerprint density at radius 3 is 2.08 bits per heavy atom. The van der Waals surface area contributed by atoms with Crippen LogP contribution in [-0.4, -0.2) is 18.3 Å². The van der Waals surface area contributed by atoms with Gasteiger partial charge in [-0.2, -0.15) is 0 Å². The van der Waals surface area contributed by atoms with Gasteiger partial charge in [-0.1, -0.05) is 78.9 Å². The van der Waals surface area contributed by atoms with Crippen molar-refractivity contribution in [3.05, 3.63) is 89.5 Å². The van der Waals surface area contributed by atoms with Crippen LogP contribution in [0.25, 0.3) is 66.6 Å². The molecule has 0 bridgehead atoms. The molecule has 0 atom stereocenters. The number of fused-ring (bicyclic) bond motifs is 9. The summed E-state index contributed by atoms with van der Waals surface area (Å²) in [5.41, 5.74) is 4.44. The number of benzene rings is 5. The predicted molar refractivity (Wildman–Crippen MR) is 167 cm³/mol. The lowest BCUT2D eigenvalue weighted by Crippen LogP contribution is -2.41. The second kappa shape index (κ2) is 8.33. The Morgan fingerprint density at radius 1 is 0.625 bits per heavy atom. The van der Waals surface area contributed by atoms with E-state index >= 15 is 0 Å². The number of hydrogen-bond donors (Lipinski definition) is 0. The smallest absolute Gasteiger partial charge is 0.456 e. The summed E-state index contributed by atoms with van der Waals surface area (Å²) in [4.78, 5) is 0. The Hall–Kier alpha value is -3.86. The van der Waals surface area contributed by atoms with Gasteiger partial charge in [0.2, 0.25) is 0 Å².